The van der Waals surface area contributed by atoms with Crippen LogP contribution in [0.15, 0.2) is 32.9 Å². The van der Waals surface area contributed by atoms with Gasteiger partial charge in [0, 0.05) is 47.1 Å². The van der Waals surface area contributed by atoms with E-state index in [0.29, 0.717) is 19.8 Å². The van der Waals surface area contributed by atoms with Crippen LogP contribution in [0.25, 0.3) is 0 Å². The Morgan fingerprint density at radius 3 is 1.10 bits per heavy atom. The molecule has 1 rings (SSSR count). The number of hydrogen-bond acceptors (Lipinski definition) is 15. The highest BCUT2D eigenvalue weighted by Crippen LogP contribution is 2.45. The van der Waals surface area contributed by atoms with E-state index in [-0.39, 0.29) is 13.3 Å². The third-order valence-electron chi connectivity index (χ3n) is 2.21. The lowest BCUT2D eigenvalue weighted by Gasteiger charge is -2.07. The van der Waals surface area contributed by atoms with Crippen molar-refractivity contribution in [3.8, 4) is 0 Å². The zero-order valence-corrected chi connectivity index (χ0v) is 23.3. The molecule has 1 aromatic carbocycles. The van der Waals surface area contributed by atoms with Crippen molar-refractivity contribution in [1.82, 2.24) is 0 Å². The molecule has 30 heavy (non-hydrogen) atoms. The molecule has 0 aromatic heterocycles. The Hall–Kier alpha value is 1.26. The van der Waals surface area contributed by atoms with Gasteiger partial charge >= 0.3 is 0 Å². The molecule has 0 bridgehead atoms. The maximum Gasteiger partial charge on any atom is 0.283 e. The van der Waals surface area contributed by atoms with Crippen molar-refractivity contribution in [2.45, 2.75) is 35.5 Å². The monoisotopic (exact) mass is 582 g/mol. The minimum Gasteiger partial charge on any atom is -0.308 e. The number of benzene rings is 1. The van der Waals surface area contributed by atoms with Gasteiger partial charge in [0.1, 0.15) is 0 Å². The average molecular weight is 583 g/mol. The lowest BCUT2D eigenvalue weighted by molar-refractivity contribution is 0.274. The van der Waals surface area contributed by atoms with Gasteiger partial charge in [-0.25, -0.2) is 0 Å². The van der Waals surface area contributed by atoms with E-state index in [1.165, 1.54) is 32.4 Å². The molecular weight excluding hydrogens is 565 g/mol. The van der Waals surface area contributed by atoms with Crippen LogP contribution in [0.2, 0.25) is 0 Å². The maximum atomic E-state index is 11.8. The van der Waals surface area contributed by atoms with Crippen LogP contribution in [0.4, 0.5) is 14.4 Å². The molecule has 0 N–H and O–H groups in total. The van der Waals surface area contributed by atoms with Gasteiger partial charge in [-0.1, -0.05) is 0 Å². The first-order valence-corrected chi connectivity index (χ1v) is 16.8. The van der Waals surface area contributed by atoms with Gasteiger partial charge in [0.05, 0.1) is 55.9 Å². The quantitative estimate of drug-likeness (QED) is 0.173. The van der Waals surface area contributed by atoms with Crippen molar-refractivity contribution < 1.29 is 26.9 Å². The molecule has 0 aliphatic carbocycles. The summed E-state index contributed by atoms with van der Waals surface area (Å²) in [5.41, 5.74) is 0. The molecule has 0 amide bonds. The van der Waals surface area contributed by atoms with Crippen molar-refractivity contribution in [2.75, 3.05) is 19.8 Å². The van der Waals surface area contributed by atoms with Gasteiger partial charge in [0.15, 0.2) is 0 Å². The summed E-state index contributed by atoms with van der Waals surface area (Å²) in [6, 6.07) is 5.66. The van der Waals surface area contributed by atoms with Crippen molar-refractivity contribution in [2.24, 2.45) is 0 Å². The molecular formula is C15H18O6S9. The van der Waals surface area contributed by atoms with E-state index in [1.54, 1.807) is 0 Å². The highest BCUT2D eigenvalue weighted by Gasteiger charge is 2.13. The van der Waals surface area contributed by atoms with E-state index >= 15 is 0 Å². The Morgan fingerprint density at radius 2 is 0.867 bits per heavy atom. The third kappa shape index (κ3) is 14.4. The SMILES string of the molecule is CCOSC(=O)SSc1cc(SSC(=O)SOCC)cc(SSC(=O)SOCC)c1. The first-order chi connectivity index (χ1) is 14.5. The summed E-state index contributed by atoms with van der Waals surface area (Å²) in [6.45, 7) is 6.79. The van der Waals surface area contributed by atoms with Crippen molar-refractivity contribution in [3.63, 3.8) is 0 Å². The summed E-state index contributed by atoms with van der Waals surface area (Å²) in [7, 11) is 7.06. The van der Waals surface area contributed by atoms with E-state index in [4.69, 9.17) is 12.5 Å². The highest BCUT2D eigenvalue weighted by atomic mass is 33.1. The second kappa shape index (κ2) is 18.7. The topological polar surface area (TPSA) is 78.9 Å². The van der Waals surface area contributed by atoms with Crippen LogP contribution in [0.3, 0.4) is 0 Å². The lowest BCUT2D eigenvalue weighted by atomic mass is 10.4. The fourth-order valence-corrected chi connectivity index (χ4v) is 8.49. The summed E-state index contributed by atoms with van der Waals surface area (Å²) in [5.74, 6) is 0. The minimum atomic E-state index is -0.163. The summed E-state index contributed by atoms with van der Waals surface area (Å²) in [4.78, 5) is 37.9. The molecule has 15 heteroatoms. The molecule has 0 saturated heterocycles. The molecule has 0 spiro atoms. The smallest absolute Gasteiger partial charge is 0.283 e. The van der Waals surface area contributed by atoms with E-state index < -0.39 is 0 Å². The number of carbonyl (C=O) groups excluding carboxylic acids is 3. The van der Waals surface area contributed by atoms with Gasteiger partial charge < -0.3 is 12.5 Å². The molecule has 0 radical (unpaired) electrons. The van der Waals surface area contributed by atoms with Gasteiger partial charge in [-0.05, 0) is 71.4 Å². The molecule has 0 atom stereocenters. The number of carbonyl (C=O) groups is 3. The summed E-state index contributed by atoms with van der Waals surface area (Å²) in [5, 5.41) is 0. The van der Waals surface area contributed by atoms with Crippen LogP contribution < -0.4 is 0 Å². The number of hydrogen-bond donors (Lipinski definition) is 0. The molecule has 0 fully saturated rings. The van der Waals surface area contributed by atoms with Crippen molar-refractivity contribution in [3.05, 3.63) is 18.2 Å². The van der Waals surface area contributed by atoms with Crippen LogP contribution in [0.1, 0.15) is 20.8 Å². The molecule has 6 nitrogen and oxygen atoms in total. The van der Waals surface area contributed by atoms with Crippen LogP contribution in [0, 0.1) is 0 Å². The zero-order chi connectivity index (χ0) is 22.2. The molecule has 168 valence electrons. The largest absolute Gasteiger partial charge is 0.308 e. The minimum absolute atomic E-state index is 0.163. The van der Waals surface area contributed by atoms with Crippen LogP contribution in [0.5, 0.6) is 0 Å². The van der Waals surface area contributed by atoms with E-state index in [0.717, 1.165) is 83.2 Å². The first-order valence-electron chi connectivity index (χ1n) is 8.17. The summed E-state index contributed by atoms with van der Waals surface area (Å²) < 4.78 is 14.6. The molecule has 0 heterocycles. The van der Waals surface area contributed by atoms with Gasteiger partial charge in [-0.2, -0.15) is 0 Å². The molecule has 0 aliphatic rings. The third-order valence-corrected chi connectivity index (χ3v) is 11.8. The second-order valence-corrected chi connectivity index (χ2v) is 14.0. The molecule has 0 aliphatic heterocycles. The molecule has 0 unspecified atom stereocenters. The van der Waals surface area contributed by atoms with Gasteiger partial charge in [-0.3, -0.25) is 14.4 Å². The Labute approximate surface area is 212 Å². The number of rotatable bonds is 12. The van der Waals surface area contributed by atoms with Gasteiger partial charge in [0.25, 0.3) is 13.3 Å². The lowest BCUT2D eigenvalue weighted by Crippen LogP contribution is -1.85. The predicted octanol–water partition coefficient (Wildman–Crippen LogP) is 9.32. The maximum absolute atomic E-state index is 11.8. The Balaban J connectivity index is 2.76. The van der Waals surface area contributed by atoms with E-state index in [9.17, 15) is 14.4 Å². The molecule has 1 aromatic rings. The fraction of sp³-hybridized carbons (Fsp3) is 0.400. The zero-order valence-electron chi connectivity index (χ0n) is 16.0. The van der Waals surface area contributed by atoms with Crippen LogP contribution in [-0.4, -0.2) is 33.2 Å². The van der Waals surface area contributed by atoms with E-state index in [1.807, 2.05) is 39.0 Å². The first kappa shape index (κ1) is 29.3. The van der Waals surface area contributed by atoms with Crippen LogP contribution in [-0.2, 0) is 12.5 Å². The molecule has 0 saturated carbocycles. The van der Waals surface area contributed by atoms with Crippen molar-refractivity contribution >= 4 is 114 Å². The second-order valence-electron chi connectivity index (χ2n) is 4.36. The Kier molecular flexibility index (Phi) is 18.2. The van der Waals surface area contributed by atoms with Gasteiger partial charge in [-0.15, -0.1) is 0 Å². The average Bonchev–Trinajstić information content (AvgIpc) is 2.75. The Morgan fingerprint density at radius 1 is 0.600 bits per heavy atom. The van der Waals surface area contributed by atoms with Gasteiger partial charge in [0.2, 0.25) is 0 Å². The van der Waals surface area contributed by atoms with Crippen LogP contribution >= 0.6 is 101 Å². The van der Waals surface area contributed by atoms with E-state index in [2.05, 4.69) is 0 Å². The summed E-state index contributed by atoms with van der Waals surface area (Å²) in [6.07, 6.45) is 0. The highest BCUT2D eigenvalue weighted by molar-refractivity contribution is 8.86. The fourth-order valence-electron chi connectivity index (χ4n) is 1.30. The van der Waals surface area contributed by atoms with Crippen molar-refractivity contribution in [1.29, 1.82) is 0 Å². The predicted molar refractivity (Wildman–Crippen MR) is 141 cm³/mol. The Bertz CT molecular complexity index is 588. The standard InChI is InChI=1S/C15H18O6S9/c1-4-19-22-13(16)28-25-10-7-11(26-29-14(17)23-20-5-2)9-12(8-10)27-30-15(18)24-21-6-3/h7-9H,4-6H2,1-3H3. The summed E-state index contributed by atoms with van der Waals surface area (Å²) >= 11 is 2.43. The normalized spacial score (nSPS) is 10.9.